The molecule has 0 fully saturated rings. The molecule has 24 heavy (non-hydrogen) atoms. The van der Waals surface area contributed by atoms with Gasteiger partial charge >= 0.3 is 0 Å². The molecule has 1 N–H and O–H groups in total. The van der Waals surface area contributed by atoms with Gasteiger partial charge in [0.15, 0.2) is 0 Å². The van der Waals surface area contributed by atoms with E-state index in [1.54, 1.807) is 20.5 Å². The van der Waals surface area contributed by atoms with Gasteiger partial charge in [-0.25, -0.2) is 0 Å². The number of ether oxygens (including phenoxy) is 2. The predicted octanol–water partition coefficient (Wildman–Crippen LogP) is 3.21. The molecule has 0 unspecified atom stereocenters. The summed E-state index contributed by atoms with van der Waals surface area (Å²) in [5.41, 5.74) is 2.17. The Morgan fingerprint density at radius 2 is 2.04 bits per heavy atom. The third-order valence-electron chi connectivity index (χ3n) is 4.17. The molecule has 1 aromatic carbocycles. The van der Waals surface area contributed by atoms with E-state index in [-0.39, 0.29) is 12.6 Å². The second kappa shape index (κ2) is 9.47. The third kappa shape index (κ3) is 4.84. The minimum absolute atomic E-state index is 0.0862. The van der Waals surface area contributed by atoms with Crippen LogP contribution in [0.4, 0.5) is 0 Å². The number of aliphatic hydroxyl groups excluding tert-OH is 1. The summed E-state index contributed by atoms with van der Waals surface area (Å²) in [5.74, 6) is 1.72. The molecule has 1 aromatic heterocycles. The van der Waals surface area contributed by atoms with Crippen LogP contribution in [0.3, 0.4) is 0 Å². The average molecular weight is 333 g/mol. The van der Waals surface area contributed by atoms with Crippen molar-refractivity contribution >= 4 is 0 Å². The molecule has 2 aromatic rings. The maximum Gasteiger partial charge on any atom is 0.124 e. The second-order valence-electron chi connectivity index (χ2n) is 5.81. The van der Waals surface area contributed by atoms with Crippen molar-refractivity contribution < 1.29 is 19.0 Å². The number of aliphatic hydroxyl groups is 1. The molecule has 0 aliphatic rings. The summed E-state index contributed by atoms with van der Waals surface area (Å²) >= 11 is 0. The highest BCUT2D eigenvalue weighted by Gasteiger charge is 2.18. The summed E-state index contributed by atoms with van der Waals surface area (Å²) in [5, 5.41) is 9.71. The maximum absolute atomic E-state index is 9.71. The molecule has 0 spiro atoms. The number of furan rings is 1. The number of nitrogens with zero attached hydrogens (tertiary/aromatic N) is 1. The fraction of sp³-hybridized carbons (Fsp3) is 0.474. The normalized spacial score (nSPS) is 12.5. The summed E-state index contributed by atoms with van der Waals surface area (Å²) < 4.78 is 16.1. The first-order chi connectivity index (χ1) is 11.7. The molecular weight excluding hydrogens is 306 g/mol. The summed E-state index contributed by atoms with van der Waals surface area (Å²) in [4.78, 5) is 2.23. The standard InChI is InChI=1S/C19H27NO4/c1-4-17(13-21)20(12-18-6-5-9-24-18)11-15-7-8-19(23-3)16(10-15)14-22-2/h5-10,17,21H,4,11-14H2,1-3H3/t17-/m0/s1. The van der Waals surface area contributed by atoms with Crippen LogP contribution < -0.4 is 4.74 Å². The minimum atomic E-state index is 0.0862. The van der Waals surface area contributed by atoms with Gasteiger partial charge in [-0.15, -0.1) is 0 Å². The van der Waals surface area contributed by atoms with Crippen molar-refractivity contribution in [2.45, 2.75) is 39.1 Å². The molecule has 1 atom stereocenters. The molecule has 5 nitrogen and oxygen atoms in total. The van der Waals surface area contributed by atoms with Crippen LogP contribution >= 0.6 is 0 Å². The van der Waals surface area contributed by atoms with Crippen LogP contribution in [0.1, 0.15) is 30.2 Å². The Morgan fingerprint density at radius 3 is 2.62 bits per heavy atom. The molecule has 132 valence electrons. The van der Waals surface area contributed by atoms with Crippen molar-refractivity contribution in [1.82, 2.24) is 4.90 Å². The molecule has 0 radical (unpaired) electrons. The first kappa shape index (κ1) is 18.5. The molecule has 5 heteroatoms. The zero-order valence-electron chi connectivity index (χ0n) is 14.7. The highest BCUT2D eigenvalue weighted by atomic mass is 16.5. The van der Waals surface area contributed by atoms with E-state index in [0.29, 0.717) is 13.2 Å². The Morgan fingerprint density at radius 1 is 1.21 bits per heavy atom. The number of benzene rings is 1. The Balaban J connectivity index is 2.19. The van der Waals surface area contributed by atoms with Gasteiger partial charge in [-0.05, 0) is 36.2 Å². The van der Waals surface area contributed by atoms with Crippen molar-refractivity contribution in [1.29, 1.82) is 0 Å². The van der Waals surface area contributed by atoms with Crippen molar-refractivity contribution in [3.05, 3.63) is 53.5 Å². The monoisotopic (exact) mass is 333 g/mol. The molecule has 0 saturated heterocycles. The molecule has 0 amide bonds. The van der Waals surface area contributed by atoms with E-state index in [9.17, 15) is 5.11 Å². The fourth-order valence-corrected chi connectivity index (χ4v) is 2.85. The molecule has 1 heterocycles. The van der Waals surface area contributed by atoms with Gasteiger partial charge < -0.3 is 19.0 Å². The van der Waals surface area contributed by atoms with E-state index in [0.717, 1.165) is 35.6 Å². The van der Waals surface area contributed by atoms with Gasteiger partial charge in [-0.2, -0.15) is 0 Å². The Hall–Kier alpha value is -1.82. The lowest BCUT2D eigenvalue weighted by Crippen LogP contribution is -2.36. The average Bonchev–Trinajstić information content (AvgIpc) is 3.09. The molecule has 0 aliphatic heterocycles. The Kier molecular flexibility index (Phi) is 7.31. The van der Waals surface area contributed by atoms with E-state index in [1.807, 2.05) is 18.2 Å². The van der Waals surface area contributed by atoms with Crippen LogP contribution in [0.2, 0.25) is 0 Å². The Labute approximate surface area is 143 Å². The third-order valence-corrected chi connectivity index (χ3v) is 4.17. The fourth-order valence-electron chi connectivity index (χ4n) is 2.85. The smallest absolute Gasteiger partial charge is 0.124 e. The van der Waals surface area contributed by atoms with Crippen molar-refractivity contribution in [2.24, 2.45) is 0 Å². The predicted molar refractivity (Wildman–Crippen MR) is 92.8 cm³/mol. The highest BCUT2D eigenvalue weighted by Crippen LogP contribution is 2.23. The minimum Gasteiger partial charge on any atom is -0.496 e. The first-order valence-corrected chi connectivity index (χ1v) is 8.23. The zero-order valence-corrected chi connectivity index (χ0v) is 14.7. The summed E-state index contributed by atoms with van der Waals surface area (Å²) in [6.07, 6.45) is 2.55. The zero-order chi connectivity index (χ0) is 17.4. The molecule has 0 aliphatic carbocycles. The SMILES string of the molecule is CC[C@@H](CO)N(Cc1ccc(OC)c(COC)c1)Cc1ccco1. The summed E-state index contributed by atoms with van der Waals surface area (Å²) in [6, 6.07) is 10.1. The maximum atomic E-state index is 9.71. The van der Waals surface area contributed by atoms with Crippen LogP contribution in [0.25, 0.3) is 0 Å². The van der Waals surface area contributed by atoms with Gasteiger partial charge in [0.1, 0.15) is 11.5 Å². The van der Waals surface area contributed by atoms with Gasteiger partial charge in [-0.1, -0.05) is 13.0 Å². The largest absolute Gasteiger partial charge is 0.496 e. The lowest BCUT2D eigenvalue weighted by atomic mass is 10.1. The summed E-state index contributed by atoms with van der Waals surface area (Å²) in [6.45, 7) is 4.10. The van der Waals surface area contributed by atoms with E-state index in [4.69, 9.17) is 13.9 Å². The van der Waals surface area contributed by atoms with E-state index in [2.05, 4.69) is 24.0 Å². The molecular formula is C19H27NO4. The molecule has 0 bridgehead atoms. The van der Waals surface area contributed by atoms with Crippen LogP contribution in [-0.4, -0.2) is 36.9 Å². The van der Waals surface area contributed by atoms with Crippen molar-refractivity contribution in [2.75, 3.05) is 20.8 Å². The highest BCUT2D eigenvalue weighted by molar-refractivity contribution is 5.37. The number of rotatable bonds is 10. The second-order valence-corrected chi connectivity index (χ2v) is 5.81. The lowest BCUT2D eigenvalue weighted by Gasteiger charge is -2.29. The van der Waals surface area contributed by atoms with Gasteiger partial charge in [0.05, 0.1) is 33.1 Å². The topological polar surface area (TPSA) is 55.1 Å². The van der Waals surface area contributed by atoms with Crippen LogP contribution in [-0.2, 0) is 24.4 Å². The number of hydrogen-bond acceptors (Lipinski definition) is 5. The van der Waals surface area contributed by atoms with Crippen LogP contribution in [0.15, 0.2) is 41.0 Å². The van der Waals surface area contributed by atoms with Crippen LogP contribution in [0, 0.1) is 0 Å². The van der Waals surface area contributed by atoms with E-state index < -0.39 is 0 Å². The quantitative estimate of drug-likeness (QED) is 0.723. The Bertz CT molecular complexity index is 593. The lowest BCUT2D eigenvalue weighted by molar-refractivity contribution is 0.0997. The van der Waals surface area contributed by atoms with Gasteiger partial charge in [0.2, 0.25) is 0 Å². The number of hydrogen-bond donors (Lipinski definition) is 1. The van der Waals surface area contributed by atoms with Crippen molar-refractivity contribution in [3.8, 4) is 5.75 Å². The number of methoxy groups -OCH3 is 2. The van der Waals surface area contributed by atoms with Crippen molar-refractivity contribution in [3.63, 3.8) is 0 Å². The molecule has 0 saturated carbocycles. The first-order valence-electron chi connectivity index (χ1n) is 8.23. The van der Waals surface area contributed by atoms with Gasteiger partial charge in [0, 0.05) is 25.3 Å². The van der Waals surface area contributed by atoms with E-state index in [1.165, 1.54) is 0 Å². The van der Waals surface area contributed by atoms with Crippen LogP contribution in [0.5, 0.6) is 5.75 Å². The summed E-state index contributed by atoms with van der Waals surface area (Å²) in [7, 11) is 3.34. The van der Waals surface area contributed by atoms with Gasteiger partial charge in [0.25, 0.3) is 0 Å². The van der Waals surface area contributed by atoms with E-state index >= 15 is 0 Å². The van der Waals surface area contributed by atoms with Gasteiger partial charge in [-0.3, -0.25) is 4.90 Å². The molecule has 2 rings (SSSR count).